The number of rotatable bonds is 4. The molecular formula is C15H22N2O. The van der Waals surface area contributed by atoms with Crippen LogP contribution in [0.25, 0.3) is 0 Å². The molecule has 1 amide bonds. The Balaban J connectivity index is 1.99. The summed E-state index contributed by atoms with van der Waals surface area (Å²) >= 11 is 0. The van der Waals surface area contributed by atoms with E-state index in [2.05, 4.69) is 37.4 Å². The minimum absolute atomic E-state index is 0.122. The van der Waals surface area contributed by atoms with E-state index in [0.29, 0.717) is 13.1 Å². The lowest BCUT2D eigenvalue weighted by Crippen LogP contribution is -2.50. The van der Waals surface area contributed by atoms with Crippen molar-refractivity contribution in [3.8, 4) is 0 Å². The van der Waals surface area contributed by atoms with E-state index >= 15 is 0 Å². The first-order chi connectivity index (χ1) is 8.57. The first-order valence-corrected chi connectivity index (χ1v) is 6.62. The van der Waals surface area contributed by atoms with Crippen LogP contribution in [0.4, 0.5) is 0 Å². The highest BCUT2D eigenvalue weighted by Gasteiger charge is 2.42. The minimum Gasteiger partial charge on any atom is -0.351 e. The molecule has 1 aromatic rings. The van der Waals surface area contributed by atoms with Gasteiger partial charge in [-0.1, -0.05) is 30.2 Å². The molecule has 0 radical (unpaired) electrons. The first-order valence-electron chi connectivity index (χ1n) is 6.62. The Kier molecular flexibility index (Phi) is 3.71. The second-order valence-corrected chi connectivity index (χ2v) is 5.45. The molecule has 1 aliphatic carbocycles. The van der Waals surface area contributed by atoms with Crippen molar-refractivity contribution in [3.63, 3.8) is 0 Å². The zero-order valence-corrected chi connectivity index (χ0v) is 11.3. The number of carbonyl (C=O) groups is 1. The van der Waals surface area contributed by atoms with Crippen LogP contribution in [0.1, 0.15) is 36.0 Å². The lowest BCUT2D eigenvalue weighted by molar-refractivity contribution is -0.135. The number of aryl methyl sites for hydroxylation is 2. The van der Waals surface area contributed by atoms with Crippen molar-refractivity contribution in [2.75, 3.05) is 6.54 Å². The molecule has 98 valence electrons. The zero-order chi connectivity index (χ0) is 13.2. The molecule has 2 rings (SSSR count). The number of amides is 1. The van der Waals surface area contributed by atoms with Crippen LogP contribution < -0.4 is 11.1 Å². The normalized spacial score (nSPS) is 17.1. The van der Waals surface area contributed by atoms with Crippen molar-refractivity contribution in [1.29, 1.82) is 0 Å². The number of benzene rings is 1. The van der Waals surface area contributed by atoms with E-state index in [1.807, 2.05) is 0 Å². The van der Waals surface area contributed by atoms with Gasteiger partial charge in [-0.05, 0) is 37.8 Å². The molecule has 0 aromatic heterocycles. The van der Waals surface area contributed by atoms with Gasteiger partial charge in [0.15, 0.2) is 0 Å². The van der Waals surface area contributed by atoms with Crippen LogP contribution in [0.15, 0.2) is 18.2 Å². The van der Waals surface area contributed by atoms with Crippen LogP contribution >= 0.6 is 0 Å². The Morgan fingerprint density at radius 2 is 2.11 bits per heavy atom. The lowest BCUT2D eigenvalue weighted by atomic mass is 9.68. The molecule has 0 bridgehead atoms. The topological polar surface area (TPSA) is 55.1 Å². The average molecular weight is 246 g/mol. The minimum atomic E-state index is -0.280. The van der Waals surface area contributed by atoms with Gasteiger partial charge in [-0.3, -0.25) is 4.79 Å². The molecule has 0 spiro atoms. The van der Waals surface area contributed by atoms with Crippen molar-refractivity contribution < 1.29 is 4.79 Å². The molecule has 18 heavy (non-hydrogen) atoms. The van der Waals surface area contributed by atoms with Crippen LogP contribution in [-0.4, -0.2) is 12.5 Å². The molecule has 1 aliphatic rings. The maximum absolute atomic E-state index is 12.2. The van der Waals surface area contributed by atoms with Gasteiger partial charge in [0.1, 0.15) is 0 Å². The fourth-order valence-electron chi connectivity index (χ4n) is 2.48. The standard InChI is InChI=1S/C15H22N2O/c1-11-4-5-12(2)13(8-11)9-17-14(18)15(10-16)6-3-7-15/h4-5,8H,3,6-7,9-10,16H2,1-2H3,(H,17,18). The summed E-state index contributed by atoms with van der Waals surface area (Å²) in [5.74, 6) is 0.122. The lowest BCUT2D eigenvalue weighted by Gasteiger charge is -2.39. The fraction of sp³-hybridized carbons (Fsp3) is 0.533. The SMILES string of the molecule is Cc1ccc(C)c(CNC(=O)C2(CN)CCC2)c1. The van der Waals surface area contributed by atoms with E-state index < -0.39 is 0 Å². The third-order valence-electron chi connectivity index (χ3n) is 4.13. The highest BCUT2D eigenvalue weighted by Crippen LogP contribution is 2.40. The number of nitrogens with one attached hydrogen (secondary N) is 1. The molecule has 0 saturated heterocycles. The quantitative estimate of drug-likeness (QED) is 0.854. The van der Waals surface area contributed by atoms with E-state index in [4.69, 9.17) is 5.73 Å². The molecule has 0 heterocycles. The summed E-state index contributed by atoms with van der Waals surface area (Å²) in [6.07, 6.45) is 2.98. The molecule has 0 unspecified atom stereocenters. The molecular weight excluding hydrogens is 224 g/mol. The van der Waals surface area contributed by atoms with Gasteiger partial charge in [-0.25, -0.2) is 0 Å². The maximum atomic E-state index is 12.2. The monoisotopic (exact) mass is 246 g/mol. The molecule has 1 saturated carbocycles. The Morgan fingerprint density at radius 3 is 2.67 bits per heavy atom. The maximum Gasteiger partial charge on any atom is 0.227 e. The van der Waals surface area contributed by atoms with Gasteiger partial charge >= 0.3 is 0 Å². The number of hydrogen-bond donors (Lipinski definition) is 2. The number of carbonyl (C=O) groups excluding carboxylic acids is 1. The Bertz CT molecular complexity index is 444. The van der Waals surface area contributed by atoms with Crippen LogP contribution in [0, 0.1) is 19.3 Å². The third kappa shape index (κ3) is 2.41. The van der Waals surface area contributed by atoms with E-state index in [9.17, 15) is 4.79 Å². The number of nitrogens with two attached hydrogens (primary N) is 1. The van der Waals surface area contributed by atoms with Gasteiger partial charge in [0.2, 0.25) is 5.91 Å². The molecule has 3 heteroatoms. The van der Waals surface area contributed by atoms with Crippen molar-refractivity contribution in [2.45, 2.75) is 39.7 Å². The molecule has 1 fully saturated rings. The van der Waals surface area contributed by atoms with Crippen LogP contribution in [0.3, 0.4) is 0 Å². The summed E-state index contributed by atoms with van der Waals surface area (Å²) in [4.78, 5) is 12.2. The third-order valence-corrected chi connectivity index (χ3v) is 4.13. The van der Waals surface area contributed by atoms with Crippen LogP contribution in [-0.2, 0) is 11.3 Å². The predicted molar refractivity (Wildman–Crippen MR) is 73.1 cm³/mol. The summed E-state index contributed by atoms with van der Waals surface area (Å²) in [6, 6.07) is 6.32. The van der Waals surface area contributed by atoms with Crippen molar-refractivity contribution in [1.82, 2.24) is 5.32 Å². The van der Waals surface area contributed by atoms with E-state index in [-0.39, 0.29) is 11.3 Å². The summed E-state index contributed by atoms with van der Waals surface area (Å²) in [6.45, 7) is 5.21. The summed E-state index contributed by atoms with van der Waals surface area (Å²) in [5.41, 5.74) is 9.08. The molecule has 0 aliphatic heterocycles. The molecule has 0 atom stereocenters. The summed E-state index contributed by atoms with van der Waals surface area (Å²) in [7, 11) is 0. The van der Waals surface area contributed by atoms with E-state index in [0.717, 1.165) is 19.3 Å². The van der Waals surface area contributed by atoms with E-state index in [1.165, 1.54) is 16.7 Å². The second kappa shape index (κ2) is 5.11. The van der Waals surface area contributed by atoms with Gasteiger partial charge in [-0.15, -0.1) is 0 Å². The van der Waals surface area contributed by atoms with Crippen molar-refractivity contribution in [2.24, 2.45) is 11.1 Å². The molecule has 3 nitrogen and oxygen atoms in total. The highest BCUT2D eigenvalue weighted by molar-refractivity contribution is 5.83. The van der Waals surface area contributed by atoms with Crippen molar-refractivity contribution in [3.05, 3.63) is 34.9 Å². The van der Waals surface area contributed by atoms with Gasteiger partial charge in [0.05, 0.1) is 5.41 Å². The molecule has 3 N–H and O–H groups in total. The van der Waals surface area contributed by atoms with Crippen LogP contribution in [0.5, 0.6) is 0 Å². The Hall–Kier alpha value is -1.35. The second-order valence-electron chi connectivity index (χ2n) is 5.45. The van der Waals surface area contributed by atoms with E-state index in [1.54, 1.807) is 0 Å². The Morgan fingerprint density at radius 1 is 1.39 bits per heavy atom. The average Bonchev–Trinajstić information content (AvgIpc) is 2.29. The van der Waals surface area contributed by atoms with Gasteiger partial charge in [-0.2, -0.15) is 0 Å². The zero-order valence-electron chi connectivity index (χ0n) is 11.3. The highest BCUT2D eigenvalue weighted by atomic mass is 16.2. The molecule has 1 aromatic carbocycles. The first kappa shape index (κ1) is 13.1. The fourth-order valence-corrected chi connectivity index (χ4v) is 2.48. The largest absolute Gasteiger partial charge is 0.351 e. The summed E-state index contributed by atoms with van der Waals surface area (Å²) < 4.78 is 0. The summed E-state index contributed by atoms with van der Waals surface area (Å²) in [5, 5.41) is 3.04. The van der Waals surface area contributed by atoms with Gasteiger partial charge < -0.3 is 11.1 Å². The number of hydrogen-bond acceptors (Lipinski definition) is 2. The van der Waals surface area contributed by atoms with Gasteiger partial charge in [0, 0.05) is 13.1 Å². The smallest absolute Gasteiger partial charge is 0.227 e. The van der Waals surface area contributed by atoms with Gasteiger partial charge in [0.25, 0.3) is 0 Å². The predicted octanol–water partition coefficient (Wildman–Crippen LogP) is 2.05. The van der Waals surface area contributed by atoms with Crippen LogP contribution in [0.2, 0.25) is 0 Å². The Labute approximate surface area is 109 Å². The van der Waals surface area contributed by atoms with Crippen molar-refractivity contribution >= 4 is 5.91 Å².